The standard InChI is InChI=1S/C15H11Cl2N3O3/c16-12-4-3-11(14(17)8-12)9-18-19-15(21)7-10-1-5-13(6-2-10)20(22)23/h1-6,8-9H,7H2,(H,19,21)/b18-9+. The predicted octanol–water partition coefficient (Wildman–Crippen LogP) is 3.59. The van der Waals surface area contributed by atoms with E-state index in [9.17, 15) is 14.9 Å². The molecule has 0 aliphatic rings. The number of carbonyl (C=O) groups excluding carboxylic acids is 1. The third-order valence-corrected chi connectivity index (χ3v) is 3.43. The molecule has 0 aliphatic heterocycles. The number of benzene rings is 2. The van der Waals surface area contributed by atoms with Gasteiger partial charge in [-0.2, -0.15) is 5.10 Å². The minimum atomic E-state index is -0.496. The second-order valence-electron chi connectivity index (χ2n) is 4.56. The fourth-order valence-corrected chi connectivity index (χ4v) is 2.20. The summed E-state index contributed by atoms with van der Waals surface area (Å²) in [5.41, 5.74) is 3.60. The summed E-state index contributed by atoms with van der Waals surface area (Å²) in [4.78, 5) is 21.8. The molecule has 0 aromatic heterocycles. The number of nitrogens with one attached hydrogen (secondary N) is 1. The summed E-state index contributed by atoms with van der Waals surface area (Å²) in [6.45, 7) is 0. The molecule has 8 heteroatoms. The molecule has 1 amide bonds. The highest BCUT2D eigenvalue weighted by atomic mass is 35.5. The number of carbonyl (C=O) groups is 1. The first-order valence-corrected chi connectivity index (χ1v) is 7.21. The highest BCUT2D eigenvalue weighted by Crippen LogP contribution is 2.19. The summed E-state index contributed by atoms with van der Waals surface area (Å²) in [5.74, 6) is -0.347. The molecule has 0 radical (unpaired) electrons. The monoisotopic (exact) mass is 351 g/mol. The molecule has 2 aromatic rings. The van der Waals surface area contributed by atoms with Crippen LogP contribution in [-0.4, -0.2) is 17.0 Å². The van der Waals surface area contributed by atoms with Crippen LogP contribution in [0, 0.1) is 10.1 Å². The van der Waals surface area contributed by atoms with Crippen LogP contribution in [0.3, 0.4) is 0 Å². The van der Waals surface area contributed by atoms with Gasteiger partial charge in [0.05, 0.1) is 22.6 Å². The number of rotatable bonds is 5. The minimum Gasteiger partial charge on any atom is -0.273 e. The maximum Gasteiger partial charge on any atom is 0.269 e. The van der Waals surface area contributed by atoms with Crippen LogP contribution >= 0.6 is 23.2 Å². The van der Waals surface area contributed by atoms with Crippen LogP contribution in [-0.2, 0) is 11.2 Å². The third-order valence-electron chi connectivity index (χ3n) is 2.87. The van der Waals surface area contributed by atoms with E-state index in [-0.39, 0.29) is 18.0 Å². The predicted molar refractivity (Wildman–Crippen MR) is 89.0 cm³/mol. The fourth-order valence-electron chi connectivity index (χ4n) is 1.74. The Hall–Kier alpha value is -2.44. The second kappa shape index (κ2) is 7.71. The molecule has 0 heterocycles. The molecule has 2 rings (SSSR count). The van der Waals surface area contributed by atoms with E-state index in [1.165, 1.54) is 30.5 Å². The molecule has 0 saturated heterocycles. The van der Waals surface area contributed by atoms with Gasteiger partial charge < -0.3 is 0 Å². The lowest BCUT2D eigenvalue weighted by atomic mass is 10.1. The van der Waals surface area contributed by atoms with Crippen molar-refractivity contribution in [1.29, 1.82) is 0 Å². The number of nitro groups is 1. The quantitative estimate of drug-likeness (QED) is 0.507. The molecular formula is C15H11Cl2N3O3. The van der Waals surface area contributed by atoms with Gasteiger partial charge in [-0.15, -0.1) is 0 Å². The first-order chi connectivity index (χ1) is 11.0. The van der Waals surface area contributed by atoms with E-state index in [4.69, 9.17) is 23.2 Å². The molecule has 0 aliphatic carbocycles. The summed E-state index contributed by atoms with van der Waals surface area (Å²) in [5, 5.41) is 15.3. The zero-order valence-electron chi connectivity index (χ0n) is 11.7. The van der Waals surface area contributed by atoms with Crippen molar-refractivity contribution < 1.29 is 9.72 Å². The molecular weight excluding hydrogens is 341 g/mol. The lowest BCUT2D eigenvalue weighted by Gasteiger charge is -2.01. The number of hydrogen-bond acceptors (Lipinski definition) is 4. The second-order valence-corrected chi connectivity index (χ2v) is 5.40. The molecule has 0 unspecified atom stereocenters. The molecule has 6 nitrogen and oxygen atoms in total. The van der Waals surface area contributed by atoms with Gasteiger partial charge in [0.1, 0.15) is 0 Å². The smallest absolute Gasteiger partial charge is 0.269 e. The maximum atomic E-state index is 11.7. The van der Waals surface area contributed by atoms with Crippen molar-refractivity contribution in [3.8, 4) is 0 Å². The van der Waals surface area contributed by atoms with Crippen molar-refractivity contribution in [2.75, 3.05) is 0 Å². The first kappa shape index (κ1) is 16.9. The Labute approximate surface area is 141 Å². The van der Waals surface area contributed by atoms with Gasteiger partial charge in [-0.1, -0.05) is 41.4 Å². The Kier molecular flexibility index (Phi) is 5.67. The average molecular weight is 352 g/mol. The summed E-state index contributed by atoms with van der Waals surface area (Å²) in [7, 11) is 0. The van der Waals surface area contributed by atoms with Crippen LogP contribution < -0.4 is 5.43 Å². The maximum absolute atomic E-state index is 11.7. The Morgan fingerprint density at radius 3 is 2.52 bits per heavy atom. The molecule has 0 fully saturated rings. The van der Waals surface area contributed by atoms with E-state index in [1.54, 1.807) is 18.2 Å². The zero-order chi connectivity index (χ0) is 16.8. The lowest BCUT2D eigenvalue weighted by molar-refractivity contribution is -0.384. The molecule has 118 valence electrons. The highest BCUT2D eigenvalue weighted by molar-refractivity contribution is 6.36. The van der Waals surface area contributed by atoms with Gasteiger partial charge in [-0.3, -0.25) is 14.9 Å². The number of amides is 1. The van der Waals surface area contributed by atoms with E-state index in [1.807, 2.05) is 0 Å². The van der Waals surface area contributed by atoms with Gasteiger partial charge in [-0.25, -0.2) is 5.43 Å². The summed E-state index contributed by atoms with van der Waals surface area (Å²) >= 11 is 11.8. The Morgan fingerprint density at radius 1 is 1.22 bits per heavy atom. The molecule has 2 aromatic carbocycles. The fraction of sp³-hybridized carbons (Fsp3) is 0.0667. The number of hydrogen-bond donors (Lipinski definition) is 1. The van der Waals surface area contributed by atoms with Gasteiger partial charge in [0.15, 0.2) is 0 Å². The number of hydrazone groups is 1. The van der Waals surface area contributed by atoms with E-state index in [0.717, 1.165) is 0 Å². The normalized spacial score (nSPS) is 10.7. The van der Waals surface area contributed by atoms with Crippen molar-refractivity contribution in [2.45, 2.75) is 6.42 Å². The van der Waals surface area contributed by atoms with Crippen LogP contribution in [0.25, 0.3) is 0 Å². The molecule has 0 saturated carbocycles. The highest BCUT2D eigenvalue weighted by Gasteiger charge is 2.06. The first-order valence-electron chi connectivity index (χ1n) is 6.46. The van der Waals surface area contributed by atoms with Crippen LogP contribution in [0.15, 0.2) is 47.6 Å². The number of nitro benzene ring substituents is 1. The minimum absolute atomic E-state index is 0.0236. The van der Waals surface area contributed by atoms with Gasteiger partial charge in [0.25, 0.3) is 5.69 Å². The Balaban J connectivity index is 1.92. The third kappa shape index (κ3) is 5.05. The molecule has 23 heavy (non-hydrogen) atoms. The molecule has 1 N–H and O–H groups in total. The molecule has 0 bridgehead atoms. The van der Waals surface area contributed by atoms with E-state index >= 15 is 0 Å². The van der Waals surface area contributed by atoms with Gasteiger partial charge in [0, 0.05) is 22.7 Å². The Bertz CT molecular complexity index is 761. The SMILES string of the molecule is O=C(Cc1ccc([N+](=O)[O-])cc1)N/N=C/c1ccc(Cl)cc1Cl. The number of halogens is 2. The Morgan fingerprint density at radius 2 is 1.91 bits per heavy atom. The van der Waals surface area contributed by atoms with Gasteiger partial charge >= 0.3 is 0 Å². The molecule has 0 atom stereocenters. The van der Waals surface area contributed by atoms with Crippen molar-refractivity contribution in [3.05, 3.63) is 73.8 Å². The van der Waals surface area contributed by atoms with Crippen molar-refractivity contribution in [2.24, 2.45) is 5.10 Å². The van der Waals surface area contributed by atoms with Gasteiger partial charge in [0.2, 0.25) is 5.91 Å². The van der Waals surface area contributed by atoms with Crippen LogP contribution in [0.4, 0.5) is 5.69 Å². The van der Waals surface area contributed by atoms with E-state index < -0.39 is 4.92 Å². The van der Waals surface area contributed by atoms with Crippen LogP contribution in [0.2, 0.25) is 10.0 Å². The van der Waals surface area contributed by atoms with Crippen LogP contribution in [0.1, 0.15) is 11.1 Å². The molecule has 0 spiro atoms. The van der Waals surface area contributed by atoms with Gasteiger partial charge in [-0.05, 0) is 17.7 Å². The van der Waals surface area contributed by atoms with E-state index in [2.05, 4.69) is 10.5 Å². The lowest BCUT2D eigenvalue weighted by Crippen LogP contribution is -2.19. The number of nitrogens with zero attached hydrogens (tertiary/aromatic N) is 2. The van der Waals surface area contributed by atoms with Crippen molar-refractivity contribution in [3.63, 3.8) is 0 Å². The number of non-ortho nitro benzene ring substituents is 1. The summed E-state index contributed by atoms with van der Waals surface area (Å²) in [6, 6.07) is 10.7. The van der Waals surface area contributed by atoms with Crippen LogP contribution in [0.5, 0.6) is 0 Å². The van der Waals surface area contributed by atoms with Crippen molar-refractivity contribution >= 4 is 41.0 Å². The summed E-state index contributed by atoms with van der Waals surface area (Å²) in [6.07, 6.45) is 1.47. The average Bonchev–Trinajstić information content (AvgIpc) is 2.50. The van der Waals surface area contributed by atoms with E-state index in [0.29, 0.717) is 21.2 Å². The zero-order valence-corrected chi connectivity index (χ0v) is 13.2. The van der Waals surface area contributed by atoms with Crippen molar-refractivity contribution in [1.82, 2.24) is 5.43 Å². The topological polar surface area (TPSA) is 84.6 Å². The largest absolute Gasteiger partial charge is 0.273 e. The summed E-state index contributed by atoms with van der Waals surface area (Å²) < 4.78 is 0.